The number of rotatable bonds is 10. The van der Waals surface area contributed by atoms with E-state index in [0.717, 1.165) is 32.2 Å². The highest BCUT2D eigenvalue weighted by Gasteiger charge is 2.20. The fraction of sp³-hybridized carbons (Fsp3) is 0.929. The van der Waals surface area contributed by atoms with Gasteiger partial charge in [-0.1, -0.05) is 26.7 Å². The summed E-state index contributed by atoms with van der Waals surface area (Å²) >= 11 is 0. The summed E-state index contributed by atoms with van der Waals surface area (Å²) in [6.45, 7) is 7.25. The van der Waals surface area contributed by atoms with E-state index in [9.17, 15) is 9.90 Å². The first kappa shape index (κ1) is 17.4. The van der Waals surface area contributed by atoms with Crippen molar-refractivity contribution in [1.82, 2.24) is 5.32 Å². The number of aliphatic hydroxyl groups is 1. The van der Waals surface area contributed by atoms with Gasteiger partial charge in [0.2, 0.25) is 5.91 Å². The molecule has 0 fully saturated rings. The number of hydrogen-bond acceptors (Lipinski definition) is 3. The molecule has 0 aliphatic heterocycles. The normalized spacial score (nSPS) is 13.4. The van der Waals surface area contributed by atoms with E-state index >= 15 is 0 Å². The van der Waals surface area contributed by atoms with Crippen LogP contribution in [0.4, 0.5) is 0 Å². The fourth-order valence-corrected chi connectivity index (χ4v) is 2.08. The molecule has 4 nitrogen and oxygen atoms in total. The van der Waals surface area contributed by atoms with E-state index < -0.39 is 0 Å². The molecule has 1 unspecified atom stereocenters. The van der Waals surface area contributed by atoms with Crippen molar-refractivity contribution in [3.63, 3.8) is 0 Å². The molecule has 0 bridgehead atoms. The van der Waals surface area contributed by atoms with E-state index in [1.165, 1.54) is 0 Å². The molecule has 0 aromatic carbocycles. The zero-order chi connectivity index (χ0) is 14.0. The lowest BCUT2D eigenvalue weighted by atomic mass is 9.87. The van der Waals surface area contributed by atoms with Crippen LogP contribution in [0.3, 0.4) is 0 Å². The maximum atomic E-state index is 11.6. The minimum Gasteiger partial charge on any atom is -0.393 e. The number of aliphatic hydroxyl groups excluding tert-OH is 1. The van der Waals surface area contributed by atoms with Crippen molar-refractivity contribution in [2.45, 2.75) is 65.4 Å². The lowest BCUT2D eigenvalue weighted by Gasteiger charge is -2.26. The third-order valence-corrected chi connectivity index (χ3v) is 2.97. The molecular weight excluding hydrogens is 228 g/mol. The Hall–Kier alpha value is -0.610. The molecule has 0 heterocycles. The second-order valence-corrected chi connectivity index (χ2v) is 5.95. The summed E-state index contributed by atoms with van der Waals surface area (Å²) in [5.41, 5.74) is 5.35. The summed E-state index contributed by atoms with van der Waals surface area (Å²) in [7, 11) is 0. The molecule has 0 aromatic rings. The summed E-state index contributed by atoms with van der Waals surface area (Å²) in [6.07, 6.45) is 5.12. The second kappa shape index (κ2) is 9.34. The van der Waals surface area contributed by atoms with Crippen LogP contribution in [-0.4, -0.2) is 30.2 Å². The van der Waals surface area contributed by atoms with E-state index in [4.69, 9.17) is 5.73 Å². The Morgan fingerprint density at radius 3 is 2.44 bits per heavy atom. The van der Waals surface area contributed by atoms with Crippen LogP contribution < -0.4 is 11.1 Å². The SMILES string of the molecule is CC(O)CC(C)(C)CNC(=O)CCCCCCN. The number of nitrogens with one attached hydrogen (secondary N) is 1. The monoisotopic (exact) mass is 258 g/mol. The van der Waals surface area contributed by atoms with Crippen molar-refractivity contribution in [2.24, 2.45) is 11.1 Å². The summed E-state index contributed by atoms with van der Waals surface area (Å²) < 4.78 is 0. The Bertz CT molecular complexity index is 228. The van der Waals surface area contributed by atoms with Crippen molar-refractivity contribution in [3.8, 4) is 0 Å². The Morgan fingerprint density at radius 2 is 1.89 bits per heavy atom. The number of carbonyl (C=O) groups excluding carboxylic acids is 1. The van der Waals surface area contributed by atoms with Crippen molar-refractivity contribution in [1.29, 1.82) is 0 Å². The number of unbranched alkanes of at least 4 members (excludes halogenated alkanes) is 3. The lowest BCUT2D eigenvalue weighted by molar-refractivity contribution is -0.121. The minimum absolute atomic E-state index is 0.0522. The van der Waals surface area contributed by atoms with Gasteiger partial charge >= 0.3 is 0 Å². The Labute approximate surface area is 111 Å². The molecule has 0 radical (unpaired) electrons. The van der Waals surface area contributed by atoms with Crippen molar-refractivity contribution < 1.29 is 9.90 Å². The summed E-state index contributed by atoms with van der Waals surface area (Å²) in [4.78, 5) is 11.6. The standard InChI is InChI=1S/C14H30N2O2/c1-12(17)10-14(2,3)11-16-13(18)8-6-4-5-7-9-15/h12,17H,4-11,15H2,1-3H3,(H,16,18). The zero-order valence-corrected chi connectivity index (χ0v) is 12.2. The molecule has 1 amide bonds. The van der Waals surface area contributed by atoms with Crippen LogP contribution in [0.5, 0.6) is 0 Å². The van der Waals surface area contributed by atoms with E-state index in [1.54, 1.807) is 6.92 Å². The van der Waals surface area contributed by atoms with Crippen molar-refractivity contribution in [3.05, 3.63) is 0 Å². The third-order valence-electron chi connectivity index (χ3n) is 2.97. The average Bonchev–Trinajstić information content (AvgIpc) is 2.24. The average molecular weight is 258 g/mol. The van der Waals surface area contributed by atoms with Gasteiger partial charge < -0.3 is 16.2 Å². The van der Waals surface area contributed by atoms with Crippen LogP contribution in [0.25, 0.3) is 0 Å². The predicted molar refractivity (Wildman–Crippen MR) is 75.2 cm³/mol. The Morgan fingerprint density at radius 1 is 1.28 bits per heavy atom. The molecule has 0 saturated carbocycles. The Kier molecular flexibility index (Phi) is 9.02. The highest BCUT2D eigenvalue weighted by Crippen LogP contribution is 2.21. The molecule has 4 N–H and O–H groups in total. The molecule has 0 aliphatic rings. The van der Waals surface area contributed by atoms with E-state index in [-0.39, 0.29) is 17.4 Å². The van der Waals surface area contributed by atoms with Crippen LogP contribution in [0.2, 0.25) is 0 Å². The van der Waals surface area contributed by atoms with Gasteiger partial charge in [0.25, 0.3) is 0 Å². The van der Waals surface area contributed by atoms with Crippen molar-refractivity contribution >= 4 is 5.91 Å². The van der Waals surface area contributed by atoms with Crippen LogP contribution in [-0.2, 0) is 4.79 Å². The van der Waals surface area contributed by atoms with Crippen LogP contribution >= 0.6 is 0 Å². The smallest absolute Gasteiger partial charge is 0.220 e. The predicted octanol–water partition coefficient (Wildman–Crippen LogP) is 1.81. The molecule has 0 rings (SSSR count). The highest BCUT2D eigenvalue weighted by atomic mass is 16.3. The Balaban J connectivity index is 3.63. The summed E-state index contributed by atoms with van der Waals surface area (Å²) in [5.74, 6) is 0.112. The van der Waals surface area contributed by atoms with Gasteiger partial charge in [0, 0.05) is 13.0 Å². The minimum atomic E-state index is -0.326. The van der Waals surface area contributed by atoms with Gasteiger partial charge in [-0.25, -0.2) is 0 Å². The quantitative estimate of drug-likeness (QED) is 0.523. The van der Waals surface area contributed by atoms with Gasteiger partial charge in [0.15, 0.2) is 0 Å². The van der Waals surface area contributed by atoms with Crippen LogP contribution in [0.1, 0.15) is 59.3 Å². The molecule has 0 spiro atoms. The number of nitrogens with two attached hydrogens (primary N) is 1. The van der Waals surface area contributed by atoms with Gasteiger partial charge in [0.05, 0.1) is 6.10 Å². The molecule has 0 saturated heterocycles. The summed E-state index contributed by atoms with van der Waals surface area (Å²) in [6, 6.07) is 0. The number of amides is 1. The van der Waals surface area contributed by atoms with Gasteiger partial charge in [-0.2, -0.15) is 0 Å². The largest absolute Gasteiger partial charge is 0.393 e. The first-order valence-electron chi connectivity index (χ1n) is 7.02. The van der Waals surface area contributed by atoms with E-state index in [2.05, 4.69) is 19.2 Å². The van der Waals surface area contributed by atoms with Crippen molar-refractivity contribution in [2.75, 3.05) is 13.1 Å². The molecule has 1 atom stereocenters. The van der Waals surface area contributed by atoms with Crippen LogP contribution in [0, 0.1) is 5.41 Å². The first-order valence-corrected chi connectivity index (χ1v) is 7.02. The topological polar surface area (TPSA) is 75.3 Å². The summed E-state index contributed by atoms with van der Waals surface area (Å²) in [5, 5.41) is 12.3. The zero-order valence-electron chi connectivity index (χ0n) is 12.2. The maximum Gasteiger partial charge on any atom is 0.220 e. The van der Waals surface area contributed by atoms with Gasteiger partial charge in [-0.3, -0.25) is 4.79 Å². The third kappa shape index (κ3) is 10.5. The fourth-order valence-electron chi connectivity index (χ4n) is 2.08. The van der Waals surface area contributed by atoms with Crippen LogP contribution in [0.15, 0.2) is 0 Å². The van der Waals surface area contributed by atoms with E-state index in [0.29, 0.717) is 19.4 Å². The molecule has 18 heavy (non-hydrogen) atoms. The lowest BCUT2D eigenvalue weighted by Crippen LogP contribution is -2.35. The van der Waals surface area contributed by atoms with Gasteiger partial charge in [-0.05, 0) is 38.1 Å². The number of hydrogen-bond donors (Lipinski definition) is 3. The highest BCUT2D eigenvalue weighted by molar-refractivity contribution is 5.75. The molecular formula is C14H30N2O2. The molecule has 108 valence electrons. The van der Waals surface area contributed by atoms with E-state index in [1.807, 2.05) is 0 Å². The second-order valence-electron chi connectivity index (χ2n) is 5.95. The molecule has 0 aromatic heterocycles. The first-order chi connectivity index (χ1) is 8.37. The van der Waals surface area contributed by atoms with Gasteiger partial charge in [0.1, 0.15) is 0 Å². The van der Waals surface area contributed by atoms with Gasteiger partial charge in [-0.15, -0.1) is 0 Å². The molecule has 4 heteroatoms. The number of carbonyl (C=O) groups is 1. The maximum absolute atomic E-state index is 11.6. The molecule has 0 aliphatic carbocycles.